The molecule has 0 radical (unpaired) electrons. The van der Waals surface area contributed by atoms with Gasteiger partial charge in [-0.05, 0) is 70.7 Å². The third-order valence-electron chi connectivity index (χ3n) is 3.70. The highest BCUT2D eigenvalue weighted by Crippen LogP contribution is 2.33. The van der Waals surface area contributed by atoms with E-state index in [9.17, 15) is 4.79 Å². The third kappa shape index (κ3) is 3.53. The molecular weight excluding hydrogens is 252 g/mol. The van der Waals surface area contributed by atoms with Crippen LogP contribution in [0.4, 0.5) is 0 Å². The Kier molecular flexibility index (Phi) is 4.85. The third-order valence-corrected chi connectivity index (χ3v) is 3.70. The highest BCUT2D eigenvalue weighted by atomic mass is 16.6. The lowest BCUT2D eigenvalue weighted by molar-refractivity contribution is -0.153. The Hall–Kier alpha value is -1.51. The van der Waals surface area contributed by atoms with Crippen molar-refractivity contribution < 1.29 is 14.3 Å². The van der Waals surface area contributed by atoms with Gasteiger partial charge in [0.25, 0.3) is 0 Å². The summed E-state index contributed by atoms with van der Waals surface area (Å²) in [5.74, 6) is 0.581. The maximum absolute atomic E-state index is 12.1. The number of ether oxygens (including phenoxy) is 2. The largest absolute Gasteiger partial charge is 0.496 e. The second-order valence-corrected chi connectivity index (χ2v) is 6.28. The number of carbonyl (C=O) groups excluding carboxylic acids is 1. The standard InChI is InChI=1S/C17H26O3/c1-10-11(2)13(4)16(19-8)14(12(10)3)9-15(18)20-17(5,6)7/h9H2,1-8H3. The molecule has 20 heavy (non-hydrogen) atoms. The van der Waals surface area contributed by atoms with Gasteiger partial charge in [-0.3, -0.25) is 4.79 Å². The molecule has 1 rings (SSSR count). The van der Waals surface area contributed by atoms with Crippen LogP contribution in [0.2, 0.25) is 0 Å². The van der Waals surface area contributed by atoms with E-state index in [4.69, 9.17) is 9.47 Å². The number of methoxy groups -OCH3 is 1. The van der Waals surface area contributed by atoms with Crippen molar-refractivity contribution in [2.45, 2.75) is 60.5 Å². The van der Waals surface area contributed by atoms with Crippen LogP contribution in [0.1, 0.15) is 48.6 Å². The zero-order valence-electron chi connectivity index (χ0n) is 13.9. The van der Waals surface area contributed by atoms with E-state index in [2.05, 4.69) is 13.8 Å². The van der Waals surface area contributed by atoms with Crippen LogP contribution in [-0.4, -0.2) is 18.7 Å². The molecule has 0 N–H and O–H groups in total. The SMILES string of the molecule is COc1c(C)c(C)c(C)c(C)c1CC(=O)OC(C)(C)C. The molecule has 0 aliphatic carbocycles. The van der Waals surface area contributed by atoms with Gasteiger partial charge in [-0.1, -0.05) is 0 Å². The van der Waals surface area contributed by atoms with Crippen LogP contribution in [0, 0.1) is 27.7 Å². The van der Waals surface area contributed by atoms with E-state index in [1.54, 1.807) is 7.11 Å². The van der Waals surface area contributed by atoms with Gasteiger partial charge in [-0.2, -0.15) is 0 Å². The fourth-order valence-electron chi connectivity index (χ4n) is 2.37. The van der Waals surface area contributed by atoms with Crippen LogP contribution < -0.4 is 4.74 Å². The van der Waals surface area contributed by atoms with Crippen LogP contribution in [-0.2, 0) is 16.0 Å². The van der Waals surface area contributed by atoms with Crippen molar-refractivity contribution in [1.82, 2.24) is 0 Å². The summed E-state index contributed by atoms with van der Waals surface area (Å²) in [7, 11) is 1.65. The number of carbonyl (C=O) groups is 1. The van der Waals surface area contributed by atoms with Gasteiger partial charge in [0.1, 0.15) is 11.4 Å². The normalized spacial score (nSPS) is 11.4. The van der Waals surface area contributed by atoms with Crippen LogP contribution >= 0.6 is 0 Å². The van der Waals surface area contributed by atoms with E-state index in [1.165, 1.54) is 11.1 Å². The molecule has 0 unspecified atom stereocenters. The summed E-state index contributed by atoms with van der Waals surface area (Å²) >= 11 is 0. The van der Waals surface area contributed by atoms with Gasteiger partial charge >= 0.3 is 5.97 Å². The molecule has 1 aromatic rings. The lowest BCUT2D eigenvalue weighted by atomic mass is 9.91. The van der Waals surface area contributed by atoms with Crippen molar-refractivity contribution in [2.24, 2.45) is 0 Å². The number of hydrogen-bond acceptors (Lipinski definition) is 3. The van der Waals surface area contributed by atoms with Gasteiger partial charge in [-0.15, -0.1) is 0 Å². The Morgan fingerprint density at radius 1 is 0.950 bits per heavy atom. The quantitative estimate of drug-likeness (QED) is 0.789. The summed E-state index contributed by atoms with van der Waals surface area (Å²) in [6, 6.07) is 0. The van der Waals surface area contributed by atoms with Crippen molar-refractivity contribution in [1.29, 1.82) is 0 Å². The number of esters is 1. The lowest BCUT2D eigenvalue weighted by Crippen LogP contribution is -2.25. The molecule has 0 aliphatic rings. The van der Waals surface area contributed by atoms with E-state index in [-0.39, 0.29) is 12.4 Å². The summed E-state index contributed by atoms with van der Waals surface area (Å²) < 4.78 is 10.9. The van der Waals surface area contributed by atoms with Crippen molar-refractivity contribution in [2.75, 3.05) is 7.11 Å². The first-order valence-corrected chi connectivity index (χ1v) is 6.93. The average Bonchev–Trinajstić information content (AvgIpc) is 2.31. The number of hydrogen-bond donors (Lipinski definition) is 0. The fraction of sp³-hybridized carbons (Fsp3) is 0.588. The Labute approximate surface area is 122 Å². The Bertz CT molecular complexity index is 522. The highest BCUT2D eigenvalue weighted by molar-refractivity contribution is 5.75. The predicted molar refractivity (Wildman–Crippen MR) is 81.5 cm³/mol. The van der Waals surface area contributed by atoms with E-state index in [0.29, 0.717) is 0 Å². The summed E-state index contributed by atoms with van der Waals surface area (Å²) in [4.78, 5) is 12.1. The zero-order valence-corrected chi connectivity index (χ0v) is 13.9. The van der Waals surface area contributed by atoms with Gasteiger partial charge in [0.15, 0.2) is 0 Å². The van der Waals surface area contributed by atoms with Crippen molar-refractivity contribution >= 4 is 5.97 Å². The first-order valence-electron chi connectivity index (χ1n) is 6.93. The van der Waals surface area contributed by atoms with E-state index >= 15 is 0 Å². The van der Waals surface area contributed by atoms with Crippen LogP contribution in [0.5, 0.6) is 5.75 Å². The Balaban J connectivity index is 3.21. The van der Waals surface area contributed by atoms with Gasteiger partial charge in [0.05, 0.1) is 13.5 Å². The smallest absolute Gasteiger partial charge is 0.310 e. The predicted octanol–water partition coefficient (Wildman–Crippen LogP) is 3.81. The average molecular weight is 278 g/mol. The van der Waals surface area contributed by atoms with Gasteiger partial charge in [0, 0.05) is 5.56 Å². The summed E-state index contributed by atoms with van der Waals surface area (Å²) in [5.41, 5.74) is 5.09. The van der Waals surface area contributed by atoms with Gasteiger partial charge in [0.2, 0.25) is 0 Å². The topological polar surface area (TPSA) is 35.5 Å². The molecule has 0 heterocycles. The molecule has 0 fully saturated rings. The molecule has 3 heteroatoms. The number of benzene rings is 1. The Morgan fingerprint density at radius 2 is 1.45 bits per heavy atom. The fourth-order valence-corrected chi connectivity index (χ4v) is 2.37. The van der Waals surface area contributed by atoms with Crippen LogP contribution in [0.15, 0.2) is 0 Å². The minimum Gasteiger partial charge on any atom is -0.496 e. The van der Waals surface area contributed by atoms with Gasteiger partial charge < -0.3 is 9.47 Å². The van der Waals surface area contributed by atoms with Crippen LogP contribution in [0.3, 0.4) is 0 Å². The van der Waals surface area contributed by atoms with E-state index in [0.717, 1.165) is 22.4 Å². The monoisotopic (exact) mass is 278 g/mol. The molecule has 112 valence electrons. The Morgan fingerprint density at radius 3 is 1.90 bits per heavy atom. The molecule has 0 amide bonds. The summed E-state index contributed by atoms with van der Waals surface area (Å²) in [6.45, 7) is 13.8. The second-order valence-electron chi connectivity index (χ2n) is 6.28. The molecular formula is C17H26O3. The molecule has 3 nitrogen and oxygen atoms in total. The molecule has 1 aromatic carbocycles. The first-order chi connectivity index (χ1) is 9.08. The minimum atomic E-state index is -0.465. The van der Waals surface area contributed by atoms with Crippen molar-refractivity contribution in [3.05, 3.63) is 27.8 Å². The van der Waals surface area contributed by atoms with Crippen LogP contribution in [0.25, 0.3) is 0 Å². The first kappa shape index (κ1) is 16.5. The molecule has 0 aromatic heterocycles. The molecule has 0 atom stereocenters. The zero-order chi connectivity index (χ0) is 15.7. The minimum absolute atomic E-state index is 0.221. The highest BCUT2D eigenvalue weighted by Gasteiger charge is 2.22. The molecule has 0 saturated carbocycles. The maximum atomic E-state index is 12.1. The molecule has 0 saturated heterocycles. The second kappa shape index (κ2) is 5.86. The summed E-state index contributed by atoms with van der Waals surface area (Å²) in [5, 5.41) is 0. The maximum Gasteiger partial charge on any atom is 0.310 e. The molecule has 0 spiro atoms. The summed E-state index contributed by atoms with van der Waals surface area (Å²) in [6.07, 6.45) is 0.244. The van der Waals surface area contributed by atoms with Gasteiger partial charge in [-0.25, -0.2) is 0 Å². The molecule has 0 bridgehead atoms. The van der Waals surface area contributed by atoms with E-state index in [1.807, 2.05) is 34.6 Å². The number of rotatable bonds is 3. The van der Waals surface area contributed by atoms with E-state index < -0.39 is 5.60 Å². The van der Waals surface area contributed by atoms with Crippen molar-refractivity contribution in [3.63, 3.8) is 0 Å². The molecule has 0 aliphatic heterocycles. The lowest BCUT2D eigenvalue weighted by Gasteiger charge is -2.22. The van der Waals surface area contributed by atoms with Crippen molar-refractivity contribution in [3.8, 4) is 5.75 Å².